The molecule has 94 valence electrons. The lowest BCUT2D eigenvalue weighted by atomic mass is 10.0. The number of aryl methyl sites for hydroxylation is 1. The van der Waals surface area contributed by atoms with Gasteiger partial charge in [-0.2, -0.15) is 0 Å². The highest BCUT2D eigenvalue weighted by Crippen LogP contribution is 2.16. The van der Waals surface area contributed by atoms with Crippen molar-refractivity contribution in [3.05, 3.63) is 21.9 Å². The summed E-state index contributed by atoms with van der Waals surface area (Å²) < 4.78 is 0. The number of carbonyl (C=O) groups is 1. The van der Waals surface area contributed by atoms with Crippen LogP contribution >= 0.6 is 11.3 Å². The highest BCUT2D eigenvalue weighted by Gasteiger charge is 2.19. The normalized spacial score (nSPS) is 20.2. The first kappa shape index (κ1) is 12.6. The van der Waals surface area contributed by atoms with Crippen LogP contribution in [0, 0.1) is 0 Å². The molecule has 1 saturated heterocycles. The second-order valence-electron chi connectivity index (χ2n) is 4.44. The Hall–Kier alpha value is -0.870. The number of carbonyl (C=O) groups excluding carboxylic acids is 1. The van der Waals surface area contributed by atoms with Crippen molar-refractivity contribution in [2.75, 3.05) is 6.54 Å². The number of rotatable bonds is 4. The van der Waals surface area contributed by atoms with Crippen molar-refractivity contribution >= 4 is 17.2 Å². The van der Waals surface area contributed by atoms with Gasteiger partial charge in [0, 0.05) is 9.75 Å². The molecule has 3 nitrogen and oxygen atoms in total. The molecule has 2 rings (SSSR count). The van der Waals surface area contributed by atoms with Gasteiger partial charge >= 0.3 is 0 Å². The van der Waals surface area contributed by atoms with E-state index in [1.54, 1.807) is 11.3 Å². The first-order valence-corrected chi connectivity index (χ1v) is 7.20. The fourth-order valence-corrected chi connectivity index (χ4v) is 2.98. The van der Waals surface area contributed by atoms with E-state index in [1.165, 1.54) is 16.2 Å². The minimum Gasteiger partial charge on any atom is -0.350 e. The molecule has 2 N–H and O–H groups in total. The van der Waals surface area contributed by atoms with Crippen LogP contribution in [0.4, 0.5) is 0 Å². The van der Waals surface area contributed by atoms with Gasteiger partial charge in [-0.15, -0.1) is 11.3 Å². The Kier molecular flexibility index (Phi) is 4.57. The molecule has 17 heavy (non-hydrogen) atoms. The zero-order chi connectivity index (χ0) is 12.1. The highest BCUT2D eigenvalue weighted by molar-refractivity contribution is 7.11. The molecule has 0 aliphatic carbocycles. The van der Waals surface area contributed by atoms with Crippen molar-refractivity contribution in [3.8, 4) is 0 Å². The fourth-order valence-electron chi connectivity index (χ4n) is 2.08. The quantitative estimate of drug-likeness (QED) is 0.861. The third-order valence-electron chi connectivity index (χ3n) is 3.13. The number of thiophene rings is 1. The van der Waals surface area contributed by atoms with E-state index in [0.29, 0.717) is 6.54 Å². The fraction of sp³-hybridized carbons (Fsp3) is 0.615. The number of nitrogens with one attached hydrogen (secondary N) is 2. The lowest BCUT2D eigenvalue weighted by Crippen LogP contribution is -2.46. The van der Waals surface area contributed by atoms with Gasteiger partial charge in [0.05, 0.1) is 12.6 Å². The molecule has 0 spiro atoms. The molecule has 0 aromatic carbocycles. The lowest BCUT2D eigenvalue weighted by Gasteiger charge is -2.22. The minimum atomic E-state index is 0.0226. The molecule has 1 aromatic rings. The molecular weight excluding hydrogens is 232 g/mol. The summed E-state index contributed by atoms with van der Waals surface area (Å²) in [5, 5.41) is 6.28. The molecule has 4 heteroatoms. The second-order valence-corrected chi connectivity index (χ2v) is 5.69. The summed E-state index contributed by atoms with van der Waals surface area (Å²) in [7, 11) is 0. The molecule has 1 fully saturated rings. The van der Waals surface area contributed by atoms with Crippen molar-refractivity contribution in [3.63, 3.8) is 0 Å². The van der Waals surface area contributed by atoms with Gasteiger partial charge in [-0.25, -0.2) is 0 Å². The SMILES string of the molecule is CCc1ccc(CNC(=O)[C@@H]2CCCCN2)s1. The third-order valence-corrected chi connectivity index (χ3v) is 4.36. The van der Waals surface area contributed by atoms with E-state index in [0.717, 1.165) is 25.8 Å². The van der Waals surface area contributed by atoms with E-state index < -0.39 is 0 Å². The first-order chi connectivity index (χ1) is 8.29. The maximum absolute atomic E-state index is 11.9. The van der Waals surface area contributed by atoms with Gasteiger partial charge in [-0.3, -0.25) is 4.79 Å². The highest BCUT2D eigenvalue weighted by atomic mass is 32.1. The maximum Gasteiger partial charge on any atom is 0.237 e. The topological polar surface area (TPSA) is 41.1 Å². The maximum atomic E-state index is 11.9. The van der Waals surface area contributed by atoms with Crippen LogP contribution in [-0.4, -0.2) is 18.5 Å². The zero-order valence-corrected chi connectivity index (χ0v) is 11.1. The third kappa shape index (κ3) is 3.54. The predicted molar refractivity (Wildman–Crippen MR) is 71.2 cm³/mol. The van der Waals surface area contributed by atoms with E-state index in [2.05, 4.69) is 29.7 Å². The Balaban J connectivity index is 1.78. The van der Waals surface area contributed by atoms with Crippen LogP contribution in [-0.2, 0) is 17.8 Å². The van der Waals surface area contributed by atoms with Gasteiger partial charge in [0.1, 0.15) is 0 Å². The number of amides is 1. The first-order valence-electron chi connectivity index (χ1n) is 6.38. The minimum absolute atomic E-state index is 0.0226. The summed E-state index contributed by atoms with van der Waals surface area (Å²) in [6.07, 6.45) is 4.39. The van der Waals surface area contributed by atoms with Crippen molar-refractivity contribution in [1.29, 1.82) is 0 Å². The molecule has 0 bridgehead atoms. The van der Waals surface area contributed by atoms with Crippen LogP contribution in [0.3, 0.4) is 0 Å². The summed E-state index contributed by atoms with van der Waals surface area (Å²) in [6.45, 7) is 3.79. The lowest BCUT2D eigenvalue weighted by molar-refractivity contribution is -0.123. The molecule has 0 unspecified atom stereocenters. The molecule has 1 atom stereocenters. The van der Waals surface area contributed by atoms with E-state index in [9.17, 15) is 4.79 Å². The Labute approximate surface area is 107 Å². The van der Waals surface area contributed by atoms with Crippen LogP contribution in [0.1, 0.15) is 35.9 Å². The van der Waals surface area contributed by atoms with E-state index >= 15 is 0 Å². The van der Waals surface area contributed by atoms with Crippen molar-refractivity contribution in [2.45, 2.75) is 45.2 Å². The predicted octanol–water partition coefficient (Wildman–Crippen LogP) is 2.07. The van der Waals surface area contributed by atoms with Gasteiger partial charge in [-0.05, 0) is 37.9 Å². The average molecular weight is 252 g/mol. The summed E-state index contributed by atoms with van der Waals surface area (Å²) in [5.74, 6) is 0.149. The van der Waals surface area contributed by atoms with E-state index in [1.807, 2.05) is 0 Å². The molecule has 1 amide bonds. The van der Waals surface area contributed by atoms with Gasteiger partial charge in [0.25, 0.3) is 0 Å². The zero-order valence-electron chi connectivity index (χ0n) is 10.3. The smallest absolute Gasteiger partial charge is 0.237 e. The number of hydrogen-bond acceptors (Lipinski definition) is 3. The standard InChI is InChI=1S/C13H20N2OS/c1-2-10-6-7-11(17-10)9-15-13(16)12-5-3-4-8-14-12/h6-7,12,14H,2-5,8-9H2,1H3,(H,15,16)/t12-/m0/s1. The number of piperidine rings is 1. The number of hydrogen-bond donors (Lipinski definition) is 2. The summed E-state index contributed by atoms with van der Waals surface area (Å²) in [4.78, 5) is 14.5. The van der Waals surface area contributed by atoms with Crippen molar-refractivity contribution in [2.24, 2.45) is 0 Å². The molecule has 1 aromatic heterocycles. The Morgan fingerprint density at radius 3 is 2.94 bits per heavy atom. The molecule has 1 aliphatic heterocycles. The van der Waals surface area contributed by atoms with Gasteiger partial charge in [-0.1, -0.05) is 13.3 Å². The van der Waals surface area contributed by atoms with Crippen molar-refractivity contribution < 1.29 is 4.79 Å². The molecule has 0 radical (unpaired) electrons. The van der Waals surface area contributed by atoms with Gasteiger partial charge < -0.3 is 10.6 Å². The van der Waals surface area contributed by atoms with Crippen molar-refractivity contribution in [1.82, 2.24) is 10.6 Å². The average Bonchev–Trinajstić information content (AvgIpc) is 2.85. The largest absolute Gasteiger partial charge is 0.350 e. The molecule has 1 aliphatic rings. The van der Waals surface area contributed by atoms with E-state index in [4.69, 9.17) is 0 Å². The summed E-state index contributed by atoms with van der Waals surface area (Å²) in [6, 6.07) is 4.28. The van der Waals surface area contributed by atoms with Crippen LogP contribution in [0.2, 0.25) is 0 Å². The monoisotopic (exact) mass is 252 g/mol. The summed E-state index contributed by atoms with van der Waals surface area (Å²) >= 11 is 1.79. The Bertz CT molecular complexity index is 369. The molecule has 2 heterocycles. The van der Waals surface area contributed by atoms with Crippen LogP contribution < -0.4 is 10.6 Å². The van der Waals surface area contributed by atoms with E-state index in [-0.39, 0.29) is 11.9 Å². The van der Waals surface area contributed by atoms with Crippen LogP contribution in [0.5, 0.6) is 0 Å². The van der Waals surface area contributed by atoms with Gasteiger partial charge in [0.2, 0.25) is 5.91 Å². The summed E-state index contributed by atoms with van der Waals surface area (Å²) in [5.41, 5.74) is 0. The Morgan fingerprint density at radius 2 is 2.29 bits per heavy atom. The van der Waals surface area contributed by atoms with Crippen LogP contribution in [0.25, 0.3) is 0 Å². The molecule has 0 saturated carbocycles. The van der Waals surface area contributed by atoms with Crippen LogP contribution in [0.15, 0.2) is 12.1 Å². The Morgan fingerprint density at radius 1 is 1.47 bits per heavy atom. The second kappa shape index (κ2) is 6.17. The van der Waals surface area contributed by atoms with Gasteiger partial charge in [0.15, 0.2) is 0 Å². The molecular formula is C13H20N2OS.